The first-order chi connectivity index (χ1) is 12.0. The van der Waals surface area contributed by atoms with E-state index in [2.05, 4.69) is 15.0 Å². The highest BCUT2D eigenvalue weighted by Crippen LogP contribution is 2.19. The molecule has 126 valence electrons. The maximum Gasteiger partial charge on any atom is 0.335 e. The van der Waals surface area contributed by atoms with Crippen molar-refractivity contribution in [1.29, 1.82) is 0 Å². The largest absolute Gasteiger partial charge is 0.478 e. The Kier molecular flexibility index (Phi) is 4.90. The van der Waals surface area contributed by atoms with E-state index in [-0.39, 0.29) is 5.56 Å². The summed E-state index contributed by atoms with van der Waals surface area (Å²) in [5, 5.41) is 9.78. The fourth-order valence-electron chi connectivity index (χ4n) is 2.36. The summed E-state index contributed by atoms with van der Waals surface area (Å²) in [6.07, 6.45) is 3.08. The first kappa shape index (κ1) is 16.9. The summed E-state index contributed by atoms with van der Waals surface area (Å²) in [7, 11) is 1.88. The predicted molar refractivity (Wildman–Crippen MR) is 95.8 cm³/mol. The van der Waals surface area contributed by atoms with Crippen LogP contribution in [-0.2, 0) is 6.54 Å². The summed E-state index contributed by atoms with van der Waals surface area (Å²) >= 11 is 6.01. The molecule has 0 aliphatic carbocycles. The number of pyridine rings is 1. The van der Waals surface area contributed by atoms with Crippen LogP contribution in [0.5, 0.6) is 0 Å². The molecule has 3 rings (SSSR count). The van der Waals surface area contributed by atoms with Gasteiger partial charge < -0.3 is 10.0 Å². The molecule has 0 saturated heterocycles. The van der Waals surface area contributed by atoms with Gasteiger partial charge in [-0.25, -0.2) is 14.8 Å². The number of hydrogen-bond acceptors (Lipinski definition) is 5. The van der Waals surface area contributed by atoms with Crippen LogP contribution in [0.3, 0.4) is 0 Å². The second-order valence-corrected chi connectivity index (χ2v) is 5.90. The van der Waals surface area contributed by atoms with Gasteiger partial charge in [0.05, 0.1) is 17.0 Å². The SMILES string of the molecule is CN(Cc1cccc(Cl)c1)c1nccc(-c2cc(C(=O)O)ccn2)n1. The fraction of sp³-hybridized carbons (Fsp3) is 0.111. The number of carboxylic acids is 1. The Morgan fingerprint density at radius 2 is 1.92 bits per heavy atom. The van der Waals surface area contributed by atoms with E-state index in [1.807, 2.05) is 36.2 Å². The molecule has 0 aliphatic rings. The fourth-order valence-corrected chi connectivity index (χ4v) is 2.57. The molecule has 6 nitrogen and oxygen atoms in total. The maximum absolute atomic E-state index is 11.1. The van der Waals surface area contributed by atoms with Crippen LogP contribution in [0.15, 0.2) is 54.9 Å². The Bertz CT molecular complexity index is 917. The molecule has 0 unspecified atom stereocenters. The predicted octanol–water partition coefficient (Wildman–Crippen LogP) is 3.53. The van der Waals surface area contributed by atoms with Crippen molar-refractivity contribution in [3.05, 3.63) is 71.0 Å². The van der Waals surface area contributed by atoms with Gasteiger partial charge in [-0.2, -0.15) is 0 Å². The number of anilines is 1. The summed E-state index contributed by atoms with van der Waals surface area (Å²) in [5.41, 5.74) is 2.25. The number of rotatable bonds is 5. The van der Waals surface area contributed by atoms with Crippen LogP contribution in [0.4, 0.5) is 5.95 Å². The molecule has 0 bridgehead atoms. The van der Waals surface area contributed by atoms with Gasteiger partial charge in [-0.05, 0) is 35.9 Å². The zero-order valence-corrected chi connectivity index (χ0v) is 14.2. The average molecular weight is 355 g/mol. The molecule has 0 atom stereocenters. The van der Waals surface area contributed by atoms with Crippen LogP contribution in [-0.4, -0.2) is 33.1 Å². The average Bonchev–Trinajstić information content (AvgIpc) is 2.62. The Hall–Kier alpha value is -2.99. The first-order valence-corrected chi connectivity index (χ1v) is 7.89. The highest BCUT2D eigenvalue weighted by molar-refractivity contribution is 6.30. The number of aromatic carboxylic acids is 1. The molecular weight excluding hydrogens is 340 g/mol. The van der Waals surface area contributed by atoms with Crippen molar-refractivity contribution in [1.82, 2.24) is 15.0 Å². The molecule has 0 amide bonds. The Morgan fingerprint density at radius 3 is 2.68 bits per heavy atom. The van der Waals surface area contributed by atoms with Crippen LogP contribution in [0, 0.1) is 0 Å². The molecule has 2 aromatic heterocycles. The van der Waals surface area contributed by atoms with E-state index in [0.29, 0.717) is 28.9 Å². The summed E-state index contributed by atoms with van der Waals surface area (Å²) < 4.78 is 0. The van der Waals surface area contributed by atoms with Crippen molar-refractivity contribution in [2.24, 2.45) is 0 Å². The molecule has 25 heavy (non-hydrogen) atoms. The summed E-state index contributed by atoms with van der Waals surface area (Å²) in [6, 6.07) is 12.2. The van der Waals surface area contributed by atoms with Crippen molar-refractivity contribution in [2.75, 3.05) is 11.9 Å². The summed E-state index contributed by atoms with van der Waals surface area (Å²) in [6.45, 7) is 0.590. The van der Waals surface area contributed by atoms with Crippen molar-refractivity contribution < 1.29 is 9.90 Å². The topological polar surface area (TPSA) is 79.2 Å². The molecule has 3 aromatic rings. The van der Waals surface area contributed by atoms with Crippen LogP contribution in [0.1, 0.15) is 15.9 Å². The zero-order valence-electron chi connectivity index (χ0n) is 13.4. The third-order valence-electron chi connectivity index (χ3n) is 3.56. The standard InChI is InChI=1S/C18H15ClN4O2/c1-23(11-12-3-2-4-14(19)9-12)18-21-8-6-15(22-18)16-10-13(17(24)25)5-7-20-16/h2-10H,11H2,1H3,(H,24,25). The van der Waals surface area contributed by atoms with E-state index in [1.165, 1.54) is 18.3 Å². The molecule has 0 spiro atoms. The second-order valence-electron chi connectivity index (χ2n) is 5.46. The normalized spacial score (nSPS) is 10.5. The molecule has 0 saturated carbocycles. The lowest BCUT2D eigenvalue weighted by molar-refractivity contribution is 0.0697. The van der Waals surface area contributed by atoms with Crippen molar-refractivity contribution in [3.63, 3.8) is 0 Å². The van der Waals surface area contributed by atoms with Crippen LogP contribution < -0.4 is 4.90 Å². The Balaban J connectivity index is 1.86. The lowest BCUT2D eigenvalue weighted by Gasteiger charge is -2.17. The molecule has 0 fully saturated rings. The number of carbonyl (C=O) groups is 1. The van der Waals surface area contributed by atoms with E-state index >= 15 is 0 Å². The van der Waals surface area contributed by atoms with Crippen LogP contribution in [0.25, 0.3) is 11.4 Å². The van der Waals surface area contributed by atoms with Gasteiger partial charge in [-0.3, -0.25) is 4.98 Å². The molecule has 7 heteroatoms. The number of halogens is 1. The Labute approximate surface area is 149 Å². The highest BCUT2D eigenvalue weighted by atomic mass is 35.5. The van der Waals surface area contributed by atoms with E-state index in [0.717, 1.165) is 5.56 Å². The number of benzene rings is 1. The van der Waals surface area contributed by atoms with Crippen molar-refractivity contribution >= 4 is 23.5 Å². The van der Waals surface area contributed by atoms with Gasteiger partial charge in [0.25, 0.3) is 0 Å². The molecule has 0 aliphatic heterocycles. The van der Waals surface area contributed by atoms with Crippen molar-refractivity contribution in [3.8, 4) is 11.4 Å². The number of nitrogens with zero attached hydrogens (tertiary/aromatic N) is 4. The molecule has 2 heterocycles. The maximum atomic E-state index is 11.1. The lowest BCUT2D eigenvalue weighted by Crippen LogP contribution is -2.19. The molecule has 1 N–H and O–H groups in total. The van der Waals surface area contributed by atoms with E-state index in [1.54, 1.807) is 12.3 Å². The number of carboxylic acid groups (broad SMARTS) is 1. The minimum Gasteiger partial charge on any atom is -0.478 e. The van der Waals surface area contributed by atoms with Gasteiger partial charge in [0.15, 0.2) is 0 Å². The van der Waals surface area contributed by atoms with E-state index in [4.69, 9.17) is 16.7 Å². The van der Waals surface area contributed by atoms with Gasteiger partial charge in [0.2, 0.25) is 5.95 Å². The third kappa shape index (κ3) is 4.10. The molecule has 0 radical (unpaired) electrons. The highest BCUT2D eigenvalue weighted by Gasteiger charge is 2.10. The third-order valence-corrected chi connectivity index (χ3v) is 3.80. The summed E-state index contributed by atoms with van der Waals surface area (Å²) in [4.78, 5) is 26.0. The first-order valence-electron chi connectivity index (χ1n) is 7.51. The molecule has 1 aromatic carbocycles. The second kappa shape index (κ2) is 7.27. The van der Waals surface area contributed by atoms with E-state index < -0.39 is 5.97 Å². The van der Waals surface area contributed by atoms with E-state index in [9.17, 15) is 4.79 Å². The van der Waals surface area contributed by atoms with Gasteiger partial charge in [-0.1, -0.05) is 23.7 Å². The molecular formula is C18H15ClN4O2. The zero-order chi connectivity index (χ0) is 17.8. The van der Waals surface area contributed by atoms with Crippen molar-refractivity contribution in [2.45, 2.75) is 6.54 Å². The number of hydrogen-bond donors (Lipinski definition) is 1. The summed E-state index contributed by atoms with van der Waals surface area (Å²) in [5.74, 6) is -0.490. The van der Waals surface area contributed by atoms with Gasteiger partial charge in [0.1, 0.15) is 0 Å². The minimum absolute atomic E-state index is 0.164. The van der Waals surface area contributed by atoms with Crippen LogP contribution >= 0.6 is 11.6 Å². The van der Waals surface area contributed by atoms with Crippen LogP contribution in [0.2, 0.25) is 5.02 Å². The quantitative estimate of drug-likeness (QED) is 0.755. The smallest absolute Gasteiger partial charge is 0.335 e. The lowest BCUT2D eigenvalue weighted by atomic mass is 10.2. The minimum atomic E-state index is -1.00. The monoisotopic (exact) mass is 354 g/mol. The Morgan fingerprint density at radius 1 is 1.12 bits per heavy atom. The van der Waals surface area contributed by atoms with Gasteiger partial charge >= 0.3 is 5.97 Å². The van der Waals surface area contributed by atoms with Gasteiger partial charge in [-0.15, -0.1) is 0 Å². The number of aromatic nitrogens is 3. The van der Waals surface area contributed by atoms with Gasteiger partial charge in [0, 0.05) is 31.0 Å².